The SMILES string of the molecule is CCOc1cc(/C=N\NC(=O)c2ccc(C)o2)cc(Cl)c1O. The van der Waals surface area contributed by atoms with Gasteiger partial charge in [-0.15, -0.1) is 0 Å². The third-order valence-electron chi connectivity index (χ3n) is 2.69. The molecular formula is C15H15ClN2O4. The molecule has 0 aliphatic carbocycles. The van der Waals surface area contributed by atoms with Crippen LogP contribution in [0.25, 0.3) is 0 Å². The Bertz CT molecular complexity index is 710. The molecule has 0 saturated carbocycles. The molecule has 2 rings (SSSR count). The Labute approximate surface area is 132 Å². The van der Waals surface area contributed by atoms with Gasteiger partial charge in [0, 0.05) is 0 Å². The number of rotatable bonds is 5. The first-order valence-corrected chi connectivity index (χ1v) is 6.94. The molecule has 0 aliphatic heterocycles. The molecule has 0 bridgehead atoms. The number of hydrazone groups is 1. The Morgan fingerprint density at radius 1 is 1.50 bits per heavy atom. The van der Waals surface area contributed by atoms with Crippen molar-refractivity contribution < 1.29 is 19.1 Å². The first-order chi connectivity index (χ1) is 10.5. The van der Waals surface area contributed by atoms with E-state index in [-0.39, 0.29) is 22.3 Å². The Hall–Kier alpha value is -2.47. The largest absolute Gasteiger partial charge is 0.503 e. The van der Waals surface area contributed by atoms with Gasteiger partial charge in [0.2, 0.25) is 0 Å². The minimum Gasteiger partial charge on any atom is -0.503 e. The van der Waals surface area contributed by atoms with E-state index in [0.717, 1.165) is 0 Å². The van der Waals surface area contributed by atoms with Crippen LogP contribution >= 0.6 is 11.6 Å². The van der Waals surface area contributed by atoms with Gasteiger partial charge in [-0.25, -0.2) is 5.43 Å². The van der Waals surface area contributed by atoms with Gasteiger partial charge in [0.05, 0.1) is 17.8 Å². The zero-order valence-electron chi connectivity index (χ0n) is 12.1. The van der Waals surface area contributed by atoms with Crippen LogP contribution in [0, 0.1) is 6.92 Å². The van der Waals surface area contributed by atoms with Crippen molar-refractivity contribution in [1.29, 1.82) is 0 Å². The van der Waals surface area contributed by atoms with E-state index in [2.05, 4.69) is 10.5 Å². The lowest BCUT2D eigenvalue weighted by atomic mass is 10.2. The molecule has 1 aromatic heterocycles. The first kappa shape index (κ1) is 15.9. The van der Waals surface area contributed by atoms with Crippen molar-refractivity contribution in [2.45, 2.75) is 13.8 Å². The average Bonchev–Trinajstić information content (AvgIpc) is 2.91. The minimum atomic E-state index is -0.459. The summed E-state index contributed by atoms with van der Waals surface area (Å²) in [6.07, 6.45) is 1.39. The number of halogens is 1. The van der Waals surface area contributed by atoms with Crippen LogP contribution in [0.5, 0.6) is 11.5 Å². The Kier molecular flexibility index (Phi) is 5.06. The molecule has 116 valence electrons. The normalized spacial score (nSPS) is 10.9. The second-order valence-corrected chi connectivity index (χ2v) is 4.80. The maximum Gasteiger partial charge on any atom is 0.307 e. The zero-order chi connectivity index (χ0) is 16.1. The molecule has 2 N–H and O–H groups in total. The highest BCUT2D eigenvalue weighted by Gasteiger charge is 2.10. The molecule has 0 saturated heterocycles. The number of ether oxygens (including phenoxy) is 1. The molecule has 22 heavy (non-hydrogen) atoms. The zero-order valence-corrected chi connectivity index (χ0v) is 12.8. The number of benzene rings is 1. The number of phenols is 1. The van der Waals surface area contributed by atoms with Gasteiger partial charge in [-0.1, -0.05) is 11.6 Å². The molecule has 0 atom stereocenters. The number of aromatic hydroxyl groups is 1. The average molecular weight is 323 g/mol. The number of carbonyl (C=O) groups excluding carboxylic acids is 1. The summed E-state index contributed by atoms with van der Waals surface area (Å²) in [6, 6.07) is 6.32. The van der Waals surface area contributed by atoms with Crippen molar-refractivity contribution in [3.05, 3.63) is 46.4 Å². The summed E-state index contributed by atoms with van der Waals surface area (Å²) in [4.78, 5) is 11.7. The van der Waals surface area contributed by atoms with Crippen LogP contribution in [0.4, 0.5) is 0 Å². The number of amides is 1. The van der Waals surface area contributed by atoms with Crippen molar-refractivity contribution in [1.82, 2.24) is 5.43 Å². The predicted molar refractivity (Wildman–Crippen MR) is 82.8 cm³/mol. The summed E-state index contributed by atoms with van der Waals surface area (Å²) in [6.45, 7) is 3.92. The number of carbonyl (C=O) groups is 1. The van der Waals surface area contributed by atoms with E-state index in [1.807, 2.05) is 0 Å². The van der Waals surface area contributed by atoms with E-state index in [1.54, 1.807) is 32.0 Å². The van der Waals surface area contributed by atoms with E-state index < -0.39 is 5.91 Å². The van der Waals surface area contributed by atoms with E-state index >= 15 is 0 Å². The fraction of sp³-hybridized carbons (Fsp3) is 0.200. The van der Waals surface area contributed by atoms with Crippen LogP contribution in [0.1, 0.15) is 28.8 Å². The van der Waals surface area contributed by atoms with Crippen molar-refractivity contribution in [3.63, 3.8) is 0 Å². The topological polar surface area (TPSA) is 84.1 Å². The van der Waals surface area contributed by atoms with Crippen molar-refractivity contribution in [2.75, 3.05) is 6.61 Å². The molecule has 0 unspecified atom stereocenters. The fourth-order valence-electron chi connectivity index (χ4n) is 1.71. The molecule has 0 fully saturated rings. The molecule has 1 heterocycles. The second-order valence-electron chi connectivity index (χ2n) is 4.39. The van der Waals surface area contributed by atoms with Gasteiger partial charge < -0.3 is 14.3 Å². The molecule has 0 aliphatic rings. The standard InChI is InChI=1S/C15H15ClN2O4/c1-3-21-13-7-10(6-11(16)14(13)19)8-17-18-15(20)12-5-4-9(2)22-12/h4-8,19H,3H2,1-2H3,(H,18,20)/b17-8-. The number of phenolic OH excluding ortho intramolecular Hbond substituents is 1. The number of nitrogens with one attached hydrogen (secondary N) is 1. The smallest absolute Gasteiger partial charge is 0.307 e. The highest BCUT2D eigenvalue weighted by molar-refractivity contribution is 6.32. The molecule has 0 radical (unpaired) electrons. The molecule has 6 nitrogen and oxygen atoms in total. The van der Waals surface area contributed by atoms with Crippen LogP contribution in [0.3, 0.4) is 0 Å². The van der Waals surface area contributed by atoms with Crippen LogP contribution in [-0.4, -0.2) is 23.8 Å². The number of hydrogen-bond acceptors (Lipinski definition) is 5. The summed E-state index contributed by atoms with van der Waals surface area (Å²) in [5.74, 6) is 0.480. The highest BCUT2D eigenvalue weighted by Crippen LogP contribution is 2.34. The van der Waals surface area contributed by atoms with Gasteiger partial charge in [0.15, 0.2) is 17.3 Å². The van der Waals surface area contributed by atoms with Crippen molar-refractivity contribution in [3.8, 4) is 11.5 Å². The Morgan fingerprint density at radius 2 is 2.27 bits per heavy atom. The van der Waals surface area contributed by atoms with E-state index in [4.69, 9.17) is 20.8 Å². The maximum absolute atomic E-state index is 11.7. The summed E-state index contributed by atoms with van der Waals surface area (Å²) in [5.41, 5.74) is 2.91. The molecule has 0 spiro atoms. The van der Waals surface area contributed by atoms with Crippen LogP contribution in [0.2, 0.25) is 5.02 Å². The maximum atomic E-state index is 11.7. The number of aryl methyl sites for hydroxylation is 1. The summed E-state index contributed by atoms with van der Waals surface area (Å²) >= 11 is 5.90. The monoisotopic (exact) mass is 322 g/mol. The quantitative estimate of drug-likeness (QED) is 0.654. The lowest BCUT2D eigenvalue weighted by Gasteiger charge is -2.08. The fourth-order valence-corrected chi connectivity index (χ4v) is 1.93. The van der Waals surface area contributed by atoms with Crippen LogP contribution in [0.15, 0.2) is 33.8 Å². The highest BCUT2D eigenvalue weighted by atomic mass is 35.5. The molecule has 1 aromatic carbocycles. The summed E-state index contributed by atoms with van der Waals surface area (Å²) < 4.78 is 10.4. The number of hydrogen-bond donors (Lipinski definition) is 2. The molecule has 7 heteroatoms. The predicted octanol–water partition coefficient (Wildman–Crippen LogP) is 3.11. The van der Waals surface area contributed by atoms with E-state index in [0.29, 0.717) is 17.9 Å². The van der Waals surface area contributed by atoms with Gasteiger partial charge in [-0.3, -0.25) is 4.79 Å². The first-order valence-electron chi connectivity index (χ1n) is 6.56. The van der Waals surface area contributed by atoms with Crippen molar-refractivity contribution >= 4 is 23.7 Å². The van der Waals surface area contributed by atoms with Gasteiger partial charge in [0.1, 0.15) is 5.76 Å². The minimum absolute atomic E-state index is 0.129. The molecule has 2 aromatic rings. The van der Waals surface area contributed by atoms with Gasteiger partial charge in [-0.05, 0) is 43.7 Å². The third kappa shape index (κ3) is 3.79. The van der Waals surface area contributed by atoms with Gasteiger partial charge in [0.25, 0.3) is 0 Å². The van der Waals surface area contributed by atoms with Crippen LogP contribution < -0.4 is 10.2 Å². The lowest BCUT2D eigenvalue weighted by molar-refractivity contribution is 0.0926. The van der Waals surface area contributed by atoms with Gasteiger partial charge >= 0.3 is 5.91 Å². The molecular weight excluding hydrogens is 308 g/mol. The van der Waals surface area contributed by atoms with E-state index in [1.165, 1.54) is 12.3 Å². The lowest BCUT2D eigenvalue weighted by Crippen LogP contribution is -2.16. The third-order valence-corrected chi connectivity index (χ3v) is 2.98. The van der Waals surface area contributed by atoms with E-state index in [9.17, 15) is 9.90 Å². The van der Waals surface area contributed by atoms with Gasteiger partial charge in [-0.2, -0.15) is 5.10 Å². The number of furan rings is 1. The summed E-state index contributed by atoms with van der Waals surface area (Å²) in [5, 5.41) is 13.7. The molecule has 1 amide bonds. The van der Waals surface area contributed by atoms with Crippen LogP contribution in [-0.2, 0) is 0 Å². The summed E-state index contributed by atoms with van der Waals surface area (Å²) in [7, 11) is 0. The number of nitrogens with zero attached hydrogens (tertiary/aromatic N) is 1. The second kappa shape index (κ2) is 7.00. The Balaban J connectivity index is 2.08. The Morgan fingerprint density at radius 3 is 2.91 bits per heavy atom. The van der Waals surface area contributed by atoms with Crippen molar-refractivity contribution in [2.24, 2.45) is 5.10 Å².